The summed E-state index contributed by atoms with van der Waals surface area (Å²) in [6.07, 6.45) is 6.91. The predicted octanol–water partition coefficient (Wildman–Crippen LogP) is 4.46. The summed E-state index contributed by atoms with van der Waals surface area (Å²) in [4.78, 5) is 13.2. The Labute approximate surface area is 173 Å². The van der Waals surface area contributed by atoms with Crippen molar-refractivity contribution in [1.29, 1.82) is 0 Å². The minimum atomic E-state index is -0.425. The molecule has 0 saturated heterocycles. The number of para-hydroxylation sites is 2. The molecular weight excluding hydrogens is 388 g/mol. The van der Waals surface area contributed by atoms with Gasteiger partial charge >= 0.3 is 0 Å². The molecule has 4 saturated carbocycles. The maximum atomic E-state index is 13.2. The molecule has 1 aromatic heterocycles. The summed E-state index contributed by atoms with van der Waals surface area (Å²) in [5.41, 5.74) is -0.0748. The molecule has 1 aliphatic heterocycles. The highest BCUT2D eigenvalue weighted by molar-refractivity contribution is 7.99. The van der Waals surface area contributed by atoms with E-state index in [2.05, 4.69) is 10.2 Å². The van der Waals surface area contributed by atoms with Crippen LogP contribution in [0, 0.1) is 23.2 Å². The van der Waals surface area contributed by atoms with Crippen LogP contribution >= 0.6 is 11.8 Å². The number of hydrogen-bond acceptors (Lipinski definition) is 7. The predicted molar refractivity (Wildman–Crippen MR) is 106 cm³/mol. The minimum absolute atomic E-state index is 0.0748. The van der Waals surface area contributed by atoms with E-state index < -0.39 is 6.10 Å². The summed E-state index contributed by atoms with van der Waals surface area (Å²) < 4.78 is 17.4. The van der Waals surface area contributed by atoms with Gasteiger partial charge in [-0.15, -0.1) is 10.2 Å². The van der Waals surface area contributed by atoms with Crippen LogP contribution in [0.2, 0.25) is 0 Å². The molecule has 0 radical (unpaired) electrons. The molecule has 0 spiro atoms. The molecule has 2 aromatic rings. The highest BCUT2D eigenvalue weighted by Gasteiger charge is 2.54. The number of nitrogens with zero attached hydrogens (tertiary/aromatic N) is 2. The van der Waals surface area contributed by atoms with E-state index in [1.165, 1.54) is 31.0 Å². The van der Waals surface area contributed by atoms with Gasteiger partial charge in [0.25, 0.3) is 11.1 Å². The largest absolute Gasteiger partial charge is 0.485 e. The zero-order chi connectivity index (χ0) is 19.4. The number of carbonyl (C=O) groups is 1. The van der Waals surface area contributed by atoms with Crippen LogP contribution in [-0.2, 0) is 4.79 Å². The first-order valence-corrected chi connectivity index (χ1v) is 11.5. The van der Waals surface area contributed by atoms with Crippen LogP contribution in [0.15, 0.2) is 33.9 Å². The SMILES string of the molecule is O=C(CSc1nnc([C@H]2COc3ccccc3O2)o1)C12CC3CC(CC(C3)C1)C2. The van der Waals surface area contributed by atoms with E-state index in [4.69, 9.17) is 13.9 Å². The van der Waals surface area contributed by atoms with Crippen LogP contribution in [0.25, 0.3) is 0 Å². The molecule has 7 rings (SSSR count). The van der Waals surface area contributed by atoms with Crippen LogP contribution in [0.4, 0.5) is 0 Å². The Morgan fingerprint density at radius 2 is 1.72 bits per heavy atom. The van der Waals surface area contributed by atoms with E-state index in [1.54, 1.807) is 0 Å². The van der Waals surface area contributed by atoms with Gasteiger partial charge in [-0.2, -0.15) is 0 Å². The highest BCUT2D eigenvalue weighted by Crippen LogP contribution is 2.60. The molecule has 0 N–H and O–H groups in total. The van der Waals surface area contributed by atoms with Crippen molar-refractivity contribution in [3.8, 4) is 11.5 Å². The molecule has 5 aliphatic rings. The van der Waals surface area contributed by atoms with Crippen LogP contribution in [0.5, 0.6) is 11.5 Å². The molecule has 29 heavy (non-hydrogen) atoms. The third-order valence-corrected chi connectivity index (χ3v) is 7.98. The molecule has 1 aromatic carbocycles. The molecule has 2 heterocycles. The smallest absolute Gasteiger partial charge is 0.277 e. The summed E-state index contributed by atoms with van der Waals surface area (Å²) in [7, 11) is 0. The summed E-state index contributed by atoms with van der Waals surface area (Å²) in [6.45, 7) is 0.329. The Bertz CT molecular complexity index is 907. The molecule has 4 fully saturated rings. The highest BCUT2D eigenvalue weighted by atomic mass is 32.2. The monoisotopic (exact) mass is 412 g/mol. The third-order valence-electron chi connectivity index (χ3n) is 7.16. The van der Waals surface area contributed by atoms with E-state index in [0.29, 0.717) is 35.0 Å². The molecule has 7 heteroatoms. The molecule has 1 atom stereocenters. The topological polar surface area (TPSA) is 74.5 Å². The van der Waals surface area contributed by atoms with Crippen molar-refractivity contribution in [3.05, 3.63) is 30.2 Å². The lowest BCUT2D eigenvalue weighted by Crippen LogP contribution is -2.50. The number of aromatic nitrogens is 2. The van der Waals surface area contributed by atoms with E-state index in [0.717, 1.165) is 42.8 Å². The first-order valence-electron chi connectivity index (χ1n) is 10.5. The zero-order valence-electron chi connectivity index (χ0n) is 16.2. The van der Waals surface area contributed by atoms with Crippen molar-refractivity contribution in [2.75, 3.05) is 12.4 Å². The summed E-state index contributed by atoms with van der Waals surface area (Å²) in [5, 5.41) is 8.68. The second-order valence-electron chi connectivity index (χ2n) is 9.18. The quantitative estimate of drug-likeness (QED) is 0.671. The lowest BCUT2D eigenvalue weighted by atomic mass is 9.48. The Kier molecular flexibility index (Phi) is 4.15. The number of ketones is 1. The van der Waals surface area contributed by atoms with Crippen LogP contribution in [-0.4, -0.2) is 28.3 Å². The van der Waals surface area contributed by atoms with E-state index in [-0.39, 0.29) is 5.41 Å². The fraction of sp³-hybridized carbons (Fsp3) is 0.591. The van der Waals surface area contributed by atoms with Gasteiger partial charge < -0.3 is 13.9 Å². The summed E-state index contributed by atoms with van der Waals surface area (Å²) >= 11 is 1.36. The van der Waals surface area contributed by atoms with E-state index >= 15 is 0 Å². The molecule has 0 amide bonds. The van der Waals surface area contributed by atoms with Gasteiger partial charge in [-0.1, -0.05) is 23.9 Å². The lowest BCUT2D eigenvalue weighted by Gasteiger charge is -2.55. The van der Waals surface area contributed by atoms with Gasteiger partial charge in [-0.25, -0.2) is 0 Å². The Morgan fingerprint density at radius 1 is 1.03 bits per heavy atom. The van der Waals surface area contributed by atoms with Gasteiger partial charge in [-0.3, -0.25) is 4.79 Å². The molecular formula is C22H24N2O4S. The average Bonchev–Trinajstić information content (AvgIpc) is 3.20. The van der Waals surface area contributed by atoms with Crippen molar-refractivity contribution in [1.82, 2.24) is 10.2 Å². The second-order valence-corrected chi connectivity index (χ2v) is 10.1. The van der Waals surface area contributed by atoms with Crippen molar-refractivity contribution < 1.29 is 18.7 Å². The van der Waals surface area contributed by atoms with Crippen molar-refractivity contribution in [3.63, 3.8) is 0 Å². The molecule has 152 valence electrons. The fourth-order valence-corrected chi connectivity index (χ4v) is 7.09. The zero-order valence-corrected chi connectivity index (χ0v) is 17.0. The summed E-state index contributed by atoms with van der Waals surface area (Å²) in [6, 6.07) is 7.54. The first kappa shape index (κ1) is 17.8. The Hall–Kier alpha value is -2.02. The van der Waals surface area contributed by atoms with E-state index in [1.807, 2.05) is 24.3 Å². The lowest BCUT2D eigenvalue weighted by molar-refractivity contribution is -0.141. The average molecular weight is 413 g/mol. The number of thioether (sulfide) groups is 1. The Morgan fingerprint density at radius 3 is 2.45 bits per heavy atom. The minimum Gasteiger partial charge on any atom is -0.485 e. The number of benzene rings is 1. The number of Topliss-reactive ketones (excluding diaryl/α,β-unsaturated/α-hetero) is 1. The van der Waals surface area contributed by atoms with Gasteiger partial charge in [0, 0.05) is 5.41 Å². The molecule has 0 unspecified atom stereocenters. The molecule has 4 aliphatic carbocycles. The maximum absolute atomic E-state index is 13.2. The maximum Gasteiger partial charge on any atom is 0.277 e. The van der Waals surface area contributed by atoms with Gasteiger partial charge in [0.2, 0.25) is 6.10 Å². The van der Waals surface area contributed by atoms with Gasteiger partial charge in [-0.05, 0) is 68.4 Å². The van der Waals surface area contributed by atoms with Crippen LogP contribution < -0.4 is 9.47 Å². The van der Waals surface area contributed by atoms with Gasteiger partial charge in [0.05, 0.1) is 5.75 Å². The molecule has 6 nitrogen and oxygen atoms in total. The summed E-state index contributed by atoms with van der Waals surface area (Å²) in [5.74, 6) is 4.91. The van der Waals surface area contributed by atoms with E-state index in [9.17, 15) is 4.79 Å². The van der Waals surface area contributed by atoms with Crippen molar-refractivity contribution in [2.24, 2.45) is 23.2 Å². The van der Waals surface area contributed by atoms with Crippen molar-refractivity contribution in [2.45, 2.75) is 49.9 Å². The van der Waals surface area contributed by atoms with Gasteiger partial charge in [0.1, 0.15) is 12.4 Å². The number of ether oxygens (including phenoxy) is 2. The third kappa shape index (κ3) is 3.14. The standard InChI is InChI=1S/C22H24N2O4S/c25-19(22-8-13-5-14(9-22)7-15(6-13)10-22)12-29-21-24-23-20(28-21)18-11-26-16-3-1-2-4-17(16)27-18/h1-4,13-15,18H,5-12H2/t13?,14?,15?,18-,22?/m1/s1. The number of fused-ring (bicyclic) bond motifs is 1. The Balaban J connectivity index is 1.10. The van der Waals surface area contributed by atoms with Crippen LogP contribution in [0.3, 0.4) is 0 Å². The van der Waals surface area contributed by atoms with Crippen LogP contribution in [0.1, 0.15) is 50.5 Å². The van der Waals surface area contributed by atoms with Gasteiger partial charge in [0.15, 0.2) is 11.5 Å². The first-order chi connectivity index (χ1) is 14.2. The fourth-order valence-electron chi connectivity index (χ4n) is 6.28. The number of carbonyl (C=O) groups excluding carboxylic acids is 1. The van der Waals surface area contributed by atoms with Crippen molar-refractivity contribution >= 4 is 17.5 Å². The second kappa shape index (κ2) is 6.76. The molecule has 4 bridgehead atoms. The number of hydrogen-bond donors (Lipinski definition) is 0. The number of rotatable bonds is 5. The normalized spacial score (nSPS) is 34.3.